The Labute approximate surface area is 121 Å². The van der Waals surface area contributed by atoms with Crippen molar-refractivity contribution >= 4 is 11.6 Å². The fraction of sp³-hybridized carbons (Fsp3) is 0.188. The van der Waals surface area contributed by atoms with E-state index in [-0.39, 0.29) is 0 Å². The zero-order chi connectivity index (χ0) is 14.8. The van der Waals surface area contributed by atoms with Gasteiger partial charge in [0, 0.05) is 12.2 Å². The summed E-state index contributed by atoms with van der Waals surface area (Å²) in [5, 5.41) is 5.86. The van der Waals surface area contributed by atoms with Crippen molar-refractivity contribution in [3.63, 3.8) is 0 Å². The number of amides is 1. The molecule has 108 valence electrons. The fourth-order valence-electron chi connectivity index (χ4n) is 2.55. The van der Waals surface area contributed by atoms with Gasteiger partial charge in [-0.15, -0.1) is 0 Å². The van der Waals surface area contributed by atoms with Crippen LogP contribution in [0.3, 0.4) is 0 Å². The second kappa shape index (κ2) is 5.61. The molecule has 0 atom stereocenters. The maximum atomic E-state index is 13.6. The van der Waals surface area contributed by atoms with Gasteiger partial charge in [0.2, 0.25) is 0 Å². The summed E-state index contributed by atoms with van der Waals surface area (Å²) in [6.07, 6.45) is 0.769. The van der Waals surface area contributed by atoms with Gasteiger partial charge in [0.15, 0.2) is 0 Å². The third kappa shape index (κ3) is 2.64. The summed E-state index contributed by atoms with van der Waals surface area (Å²) in [5.74, 6) is -2.49. The summed E-state index contributed by atoms with van der Waals surface area (Å²) in [6, 6.07) is 8.92. The molecule has 0 aromatic heterocycles. The Morgan fingerprint density at radius 1 is 1.10 bits per heavy atom. The highest BCUT2D eigenvalue weighted by Gasteiger charge is 2.19. The summed E-state index contributed by atoms with van der Waals surface area (Å²) in [4.78, 5) is 12.1. The Kier molecular flexibility index (Phi) is 3.66. The lowest BCUT2D eigenvalue weighted by atomic mass is 9.99. The SMILES string of the molecule is O=C(Nc1cccc2c1CCNC2)c1c(F)cccc1F. The van der Waals surface area contributed by atoms with Gasteiger partial charge >= 0.3 is 0 Å². The number of hydrogen-bond acceptors (Lipinski definition) is 2. The van der Waals surface area contributed by atoms with Gasteiger partial charge in [0.25, 0.3) is 5.91 Å². The van der Waals surface area contributed by atoms with Crippen LogP contribution in [0.15, 0.2) is 36.4 Å². The van der Waals surface area contributed by atoms with E-state index < -0.39 is 23.1 Å². The molecule has 2 aromatic carbocycles. The van der Waals surface area contributed by atoms with Crippen LogP contribution in [0, 0.1) is 11.6 Å². The number of carbonyl (C=O) groups is 1. The first-order chi connectivity index (χ1) is 10.2. The first-order valence-electron chi connectivity index (χ1n) is 6.73. The maximum Gasteiger partial charge on any atom is 0.261 e. The number of halogens is 2. The van der Waals surface area contributed by atoms with Crippen LogP contribution in [-0.2, 0) is 13.0 Å². The van der Waals surface area contributed by atoms with Crippen molar-refractivity contribution in [3.8, 4) is 0 Å². The molecule has 1 heterocycles. The summed E-state index contributed by atoms with van der Waals surface area (Å²) in [5.41, 5.74) is 2.17. The van der Waals surface area contributed by atoms with E-state index in [0.717, 1.165) is 42.8 Å². The first-order valence-corrected chi connectivity index (χ1v) is 6.73. The number of benzene rings is 2. The Bertz CT molecular complexity index is 680. The minimum Gasteiger partial charge on any atom is -0.322 e. The molecule has 0 aliphatic carbocycles. The zero-order valence-electron chi connectivity index (χ0n) is 11.2. The monoisotopic (exact) mass is 288 g/mol. The van der Waals surface area contributed by atoms with Gasteiger partial charge in [-0.1, -0.05) is 18.2 Å². The summed E-state index contributed by atoms with van der Waals surface area (Å²) < 4.78 is 27.3. The highest BCUT2D eigenvalue weighted by atomic mass is 19.1. The van der Waals surface area contributed by atoms with Gasteiger partial charge in [-0.3, -0.25) is 4.79 Å². The molecule has 0 fully saturated rings. The minimum absolute atomic E-state index is 0.552. The van der Waals surface area contributed by atoms with E-state index >= 15 is 0 Å². The molecule has 0 saturated carbocycles. The lowest BCUT2D eigenvalue weighted by Crippen LogP contribution is -2.25. The smallest absolute Gasteiger partial charge is 0.261 e. The molecule has 0 saturated heterocycles. The Morgan fingerprint density at radius 2 is 1.81 bits per heavy atom. The van der Waals surface area contributed by atoms with Crippen molar-refractivity contribution in [1.82, 2.24) is 5.32 Å². The molecule has 3 rings (SSSR count). The molecular weight excluding hydrogens is 274 g/mol. The summed E-state index contributed by atoms with van der Waals surface area (Å²) in [6.45, 7) is 1.54. The van der Waals surface area contributed by atoms with Crippen molar-refractivity contribution in [3.05, 3.63) is 64.7 Å². The van der Waals surface area contributed by atoms with Gasteiger partial charge in [0.05, 0.1) is 0 Å². The first kappa shape index (κ1) is 13.7. The van der Waals surface area contributed by atoms with Crippen molar-refractivity contribution in [2.45, 2.75) is 13.0 Å². The van der Waals surface area contributed by atoms with E-state index in [1.807, 2.05) is 12.1 Å². The number of carbonyl (C=O) groups excluding carboxylic acids is 1. The Balaban J connectivity index is 1.92. The molecule has 3 nitrogen and oxygen atoms in total. The number of anilines is 1. The van der Waals surface area contributed by atoms with E-state index in [9.17, 15) is 13.6 Å². The lowest BCUT2D eigenvalue weighted by Gasteiger charge is -2.20. The lowest BCUT2D eigenvalue weighted by molar-refractivity contribution is 0.101. The maximum absolute atomic E-state index is 13.6. The van der Waals surface area contributed by atoms with Crippen LogP contribution < -0.4 is 10.6 Å². The van der Waals surface area contributed by atoms with Crippen molar-refractivity contribution in [1.29, 1.82) is 0 Å². The van der Waals surface area contributed by atoms with E-state index in [1.54, 1.807) is 6.07 Å². The van der Waals surface area contributed by atoms with E-state index in [4.69, 9.17) is 0 Å². The van der Waals surface area contributed by atoms with Gasteiger partial charge < -0.3 is 10.6 Å². The van der Waals surface area contributed by atoms with Gasteiger partial charge in [-0.05, 0) is 42.3 Å². The van der Waals surface area contributed by atoms with Gasteiger partial charge in [-0.25, -0.2) is 8.78 Å². The standard InChI is InChI=1S/C16H14F2N2O/c17-12-4-2-5-13(18)15(12)16(21)20-14-6-1-3-10-9-19-8-7-11(10)14/h1-6,19H,7-9H2,(H,20,21). The molecule has 1 aliphatic heterocycles. The van der Waals surface area contributed by atoms with Crippen LogP contribution in [-0.4, -0.2) is 12.5 Å². The highest BCUT2D eigenvalue weighted by Crippen LogP contribution is 2.24. The Morgan fingerprint density at radius 3 is 2.57 bits per heavy atom. The largest absolute Gasteiger partial charge is 0.322 e. The van der Waals surface area contributed by atoms with Crippen LogP contribution >= 0.6 is 0 Å². The molecular formula is C16H14F2N2O. The summed E-state index contributed by atoms with van der Waals surface area (Å²) in [7, 11) is 0. The van der Waals surface area contributed by atoms with E-state index in [1.165, 1.54) is 6.07 Å². The molecule has 0 spiro atoms. The van der Waals surface area contributed by atoms with Crippen LogP contribution in [0.25, 0.3) is 0 Å². The third-order valence-electron chi connectivity index (χ3n) is 3.58. The summed E-state index contributed by atoms with van der Waals surface area (Å²) >= 11 is 0. The molecule has 5 heteroatoms. The number of rotatable bonds is 2. The molecule has 2 N–H and O–H groups in total. The molecule has 2 aromatic rings. The van der Waals surface area contributed by atoms with E-state index in [2.05, 4.69) is 10.6 Å². The van der Waals surface area contributed by atoms with Gasteiger partial charge in [-0.2, -0.15) is 0 Å². The van der Waals surface area contributed by atoms with Crippen LogP contribution in [0.2, 0.25) is 0 Å². The quantitative estimate of drug-likeness (QED) is 0.892. The minimum atomic E-state index is -0.862. The second-order valence-electron chi connectivity index (χ2n) is 4.92. The predicted molar refractivity (Wildman–Crippen MR) is 76.2 cm³/mol. The van der Waals surface area contributed by atoms with Crippen molar-refractivity contribution in [2.75, 3.05) is 11.9 Å². The zero-order valence-corrected chi connectivity index (χ0v) is 11.2. The molecule has 0 bridgehead atoms. The second-order valence-corrected chi connectivity index (χ2v) is 4.92. The van der Waals surface area contributed by atoms with Crippen LogP contribution in [0.5, 0.6) is 0 Å². The number of nitrogens with one attached hydrogen (secondary N) is 2. The molecule has 1 aliphatic rings. The molecule has 0 radical (unpaired) electrons. The highest BCUT2D eigenvalue weighted by molar-refractivity contribution is 6.05. The molecule has 0 unspecified atom stereocenters. The number of hydrogen-bond donors (Lipinski definition) is 2. The topological polar surface area (TPSA) is 41.1 Å². The average molecular weight is 288 g/mol. The van der Waals surface area contributed by atoms with Gasteiger partial charge in [0.1, 0.15) is 17.2 Å². The van der Waals surface area contributed by atoms with Crippen LogP contribution in [0.1, 0.15) is 21.5 Å². The normalized spacial score (nSPS) is 13.6. The van der Waals surface area contributed by atoms with E-state index in [0.29, 0.717) is 5.69 Å². The average Bonchev–Trinajstić information content (AvgIpc) is 2.47. The number of fused-ring (bicyclic) bond motifs is 1. The predicted octanol–water partition coefficient (Wildman–Crippen LogP) is 2.86. The van der Waals surface area contributed by atoms with Crippen LogP contribution in [0.4, 0.5) is 14.5 Å². The Hall–Kier alpha value is -2.27. The molecule has 21 heavy (non-hydrogen) atoms. The third-order valence-corrected chi connectivity index (χ3v) is 3.58. The van der Waals surface area contributed by atoms with Crippen molar-refractivity contribution < 1.29 is 13.6 Å². The van der Waals surface area contributed by atoms with Crippen molar-refractivity contribution in [2.24, 2.45) is 0 Å². The molecule has 1 amide bonds. The fourth-order valence-corrected chi connectivity index (χ4v) is 2.55.